The monoisotopic (exact) mass is 614 g/mol. The Bertz CT molecular complexity index is 991. The minimum absolute atomic E-state index is 0.0245. The van der Waals surface area contributed by atoms with E-state index in [-0.39, 0.29) is 30.3 Å². The van der Waals surface area contributed by atoms with Crippen LogP contribution in [0.1, 0.15) is 84.8 Å². The van der Waals surface area contributed by atoms with Gasteiger partial charge in [0, 0.05) is 24.3 Å². The van der Waals surface area contributed by atoms with Crippen LogP contribution in [0, 0.1) is 12.8 Å². The van der Waals surface area contributed by atoms with Gasteiger partial charge in [0.2, 0.25) is 11.8 Å². The summed E-state index contributed by atoms with van der Waals surface area (Å²) in [6.07, 6.45) is 8.06. The highest BCUT2D eigenvalue weighted by atomic mass is 35.5. The zero-order chi connectivity index (χ0) is 32.5. The Morgan fingerprint density at radius 2 is 1.60 bits per heavy atom. The Hall–Kier alpha value is -2.83. The van der Waals surface area contributed by atoms with Crippen molar-refractivity contribution in [1.82, 2.24) is 20.9 Å². The first-order valence-corrected chi connectivity index (χ1v) is 16.5. The number of hydrogen-bond donors (Lipinski definition) is 3. The van der Waals surface area contributed by atoms with Gasteiger partial charge in [-0.25, -0.2) is 0 Å². The zero-order valence-electron chi connectivity index (χ0n) is 28.1. The van der Waals surface area contributed by atoms with Gasteiger partial charge in [-0.1, -0.05) is 127 Å². The van der Waals surface area contributed by atoms with E-state index in [1.54, 1.807) is 4.90 Å². The van der Waals surface area contributed by atoms with Crippen LogP contribution in [0.15, 0.2) is 66.4 Å². The third kappa shape index (κ3) is 19.1. The van der Waals surface area contributed by atoms with Crippen molar-refractivity contribution >= 4 is 23.4 Å². The maximum Gasteiger partial charge on any atom is 0.240 e. The summed E-state index contributed by atoms with van der Waals surface area (Å²) in [7, 11) is 1.84. The Morgan fingerprint density at radius 3 is 2.16 bits per heavy atom. The smallest absolute Gasteiger partial charge is 0.240 e. The van der Waals surface area contributed by atoms with Crippen LogP contribution in [0.5, 0.6) is 0 Å². The quantitative estimate of drug-likeness (QED) is 0.161. The van der Waals surface area contributed by atoms with Gasteiger partial charge in [0.1, 0.15) is 0 Å². The minimum atomic E-state index is -0.185. The van der Waals surface area contributed by atoms with Crippen LogP contribution >= 0.6 is 11.6 Å². The maximum absolute atomic E-state index is 13.1. The fraction of sp³-hybridized carbons (Fsp3) is 0.556. The van der Waals surface area contributed by atoms with Crippen LogP contribution in [0.4, 0.5) is 0 Å². The highest BCUT2D eigenvalue weighted by Crippen LogP contribution is 2.12. The molecule has 0 fully saturated rings. The van der Waals surface area contributed by atoms with E-state index < -0.39 is 0 Å². The third-order valence-electron chi connectivity index (χ3n) is 6.93. The molecule has 0 aliphatic rings. The molecule has 2 rings (SSSR count). The summed E-state index contributed by atoms with van der Waals surface area (Å²) in [5, 5.41) is 10.4. The van der Waals surface area contributed by atoms with Crippen LogP contribution in [0.2, 0.25) is 5.02 Å². The van der Waals surface area contributed by atoms with Crippen molar-refractivity contribution in [3.8, 4) is 0 Å². The molecule has 0 radical (unpaired) electrons. The van der Waals surface area contributed by atoms with Gasteiger partial charge in [0.05, 0.1) is 19.1 Å². The number of hydrogen-bond acceptors (Lipinski definition) is 4. The zero-order valence-corrected chi connectivity index (χ0v) is 28.9. The molecule has 2 aromatic rings. The molecule has 0 aliphatic carbocycles. The molecule has 43 heavy (non-hydrogen) atoms. The van der Waals surface area contributed by atoms with Crippen molar-refractivity contribution in [3.63, 3.8) is 0 Å². The lowest BCUT2D eigenvalue weighted by molar-refractivity contribution is -0.133. The van der Waals surface area contributed by atoms with Crippen LogP contribution in [-0.4, -0.2) is 56.0 Å². The summed E-state index contributed by atoms with van der Waals surface area (Å²) < 4.78 is 0. The minimum Gasteiger partial charge on any atom is -0.378 e. The first-order chi connectivity index (χ1) is 20.7. The number of aryl methyl sites for hydroxylation is 2. The number of amides is 2. The summed E-state index contributed by atoms with van der Waals surface area (Å²) in [4.78, 5) is 27.2. The number of nitrogens with one attached hydrogen (secondary N) is 3. The van der Waals surface area contributed by atoms with E-state index in [4.69, 9.17) is 11.6 Å². The molecule has 2 aromatic carbocycles. The molecule has 242 valence electrons. The van der Waals surface area contributed by atoms with Crippen molar-refractivity contribution in [2.45, 2.75) is 93.0 Å². The van der Waals surface area contributed by atoms with Crippen LogP contribution in [-0.2, 0) is 16.0 Å². The van der Waals surface area contributed by atoms with E-state index in [1.165, 1.54) is 11.1 Å². The fourth-order valence-electron chi connectivity index (χ4n) is 4.19. The third-order valence-corrected chi connectivity index (χ3v) is 7.18. The van der Waals surface area contributed by atoms with Gasteiger partial charge in [0.25, 0.3) is 0 Å². The number of carbonyl (C=O) groups is 2. The molecule has 0 saturated heterocycles. The van der Waals surface area contributed by atoms with Gasteiger partial charge in [-0.15, -0.1) is 0 Å². The first kappa shape index (κ1) is 40.2. The molecule has 3 N–H and O–H groups in total. The molecular formula is C36H59ClN4O2. The summed E-state index contributed by atoms with van der Waals surface area (Å²) in [5.74, 6) is 0.338. The van der Waals surface area contributed by atoms with E-state index in [1.807, 2.05) is 77.2 Å². The Morgan fingerprint density at radius 1 is 0.953 bits per heavy atom. The molecule has 0 heterocycles. The lowest BCUT2D eigenvalue weighted by Gasteiger charge is -2.29. The molecule has 6 nitrogen and oxygen atoms in total. The lowest BCUT2D eigenvalue weighted by Crippen LogP contribution is -2.49. The second kappa shape index (κ2) is 25.6. The molecular weight excluding hydrogens is 556 g/mol. The highest BCUT2D eigenvalue weighted by molar-refractivity contribution is 6.30. The average molecular weight is 615 g/mol. The van der Waals surface area contributed by atoms with Gasteiger partial charge in [0.15, 0.2) is 0 Å². The molecule has 0 aliphatic heterocycles. The SMILES string of the molecule is CC.CCCC/C=C(\CN(C)C(=O)C(NCC)C(C)CC)NCC(=O)NCCCc1ccccc1.Cc1ccc(Cl)cc1. The lowest BCUT2D eigenvalue weighted by atomic mass is 9.98. The van der Waals surface area contributed by atoms with Crippen LogP contribution in [0.3, 0.4) is 0 Å². The predicted octanol–water partition coefficient (Wildman–Crippen LogP) is 7.56. The number of halogens is 1. The molecule has 0 spiro atoms. The number of rotatable bonds is 17. The number of benzene rings is 2. The molecule has 0 aromatic heterocycles. The summed E-state index contributed by atoms with van der Waals surface area (Å²) in [5.41, 5.74) is 3.46. The van der Waals surface area contributed by atoms with Crippen molar-refractivity contribution in [2.75, 3.05) is 33.2 Å². The first-order valence-electron chi connectivity index (χ1n) is 16.2. The van der Waals surface area contributed by atoms with Gasteiger partial charge in [-0.2, -0.15) is 0 Å². The van der Waals surface area contributed by atoms with Gasteiger partial charge >= 0.3 is 0 Å². The summed E-state index contributed by atoms with van der Waals surface area (Å²) >= 11 is 5.61. The molecule has 2 atom stereocenters. The average Bonchev–Trinajstić information content (AvgIpc) is 3.03. The number of likely N-dealkylation sites (N-methyl/N-ethyl adjacent to an activating group) is 2. The Balaban J connectivity index is 0.00000149. The number of allylic oxidation sites excluding steroid dienone is 1. The van der Waals surface area contributed by atoms with Gasteiger partial charge < -0.3 is 20.9 Å². The Labute approximate surface area is 268 Å². The molecule has 0 saturated carbocycles. The highest BCUT2D eigenvalue weighted by Gasteiger charge is 2.26. The fourth-order valence-corrected chi connectivity index (χ4v) is 4.31. The van der Waals surface area contributed by atoms with E-state index >= 15 is 0 Å². The van der Waals surface area contributed by atoms with E-state index in [9.17, 15) is 9.59 Å². The van der Waals surface area contributed by atoms with E-state index in [2.05, 4.69) is 54.9 Å². The molecule has 0 bridgehead atoms. The van der Waals surface area contributed by atoms with Crippen molar-refractivity contribution in [3.05, 3.63) is 82.5 Å². The van der Waals surface area contributed by atoms with Gasteiger partial charge in [-0.3, -0.25) is 9.59 Å². The summed E-state index contributed by atoms with van der Waals surface area (Å²) in [6.45, 7) is 16.5. The van der Waals surface area contributed by atoms with Gasteiger partial charge in [-0.05, 0) is 56.3 Å². The van der Waals surface area contributed by atoms with E-state index in [0.717, 1.165) is 55.8 Å². The van der Waals surface area contributed by atoms with Crippen molar-refractivity contribution < 1.29 is 9.59 Å². The number of unbranched alkanes of at least 4 members (excludes halogenated alkanes) is 2. The predicted molar refractivity (Wildman–Crippen MR) is 185 cm³/mol. The largest absolute Gasteiger partial charge is 0.378 e. The maximum atomic E-state index is 13.1. The van der Waals surface area contributed by atoms with Crippen LogP contribution in [0.25, 0.3) is 0 Å². The molecule has 7 heteroatoms. The standard InChI is InChI=1S/C27H46N4O2.C7H7Cl.C2H6/c1-6-9-11-18-24(21-31(5)27(33)26(28-8-3)22(4)7-2)30-20-25(32)29-19-14-17-23-15-12-10-13-16-23;1-6-2-4-7(8)5-3-6;1-2/h10,12-13,15-16,18,22,26,28,30H,6-9,11,14,17,19-21H2,1-5H3,(H,29,32);2-5H,1H3;1-2H3/b24-18+;;. The van der Waals surface area contributed by atoms with Crippen molar-refractivity contribution in [2.24, 2.45) is 5.92 Å². The second-order valence-electron chi connectivity index (χ2n) is 10.6. The second-order valence-corrected chi connectivity index (χ2v) is 11.0. The summed E-state index contributed by atoms with van der Waals surface area (Å²) in [6, 6.07) is 17.9. The molecule has 2 unspecified atom stereocenters. The number of nitrogens with zero attached hydrogens (tertiary/aromatic N) is 1. The normalized spacial score (nSPS) is 12.1. The van der Waals surface area contributed by atoms with Crippen LogP contribution < -0.4 is 16.0 Å². The molecule has 2 amide bonds. The van der Waals surface area contributed by atoms with E-state index in [0.29, 0.717) is 13.1 Å². The topological polar surface area (TPSA) is 73.5 Å². The number of carbonyl (C=O) groups excluding carboxylic acids is 2. The van der Waals surface area contributed by atoms with Crippen molar-refractivity contribution in [1.29, 1.82) is 0 Å². The Kier molecular flexibility index (Phi) is 24.0.